The fourth-order valence-electron chi connectivity index (χ4n) is 5.19. The van der Waals surface area contributed by atoms with E-state index in [0.717, 1.165) is 42.6 Å². The second-order valence-electron chi connectivity index (χ2n) is 11.5. The van der Waals surface area contributed by atoms with Crippen molar-refractivity contribution in [3.8, 4) is 0 Å². The standard InChI is InChI=1S/C24H25NO.C17H21N/c1-19-16-17-21(13-9-8-12-20-10-4-2-5-11-20)18-23(19)25-24(26)22-14-6-3-7-15-22;1-14-11-12-16(13-17(14)18)10-6-5-9-15-7-3-2-4-8-15/h2-7,10-11,14-18H,8-9,12-13H2,1H3,(H,25,26);2-4,7-8,11-13H,5-6,9-10,18H2,1H3. The summed E-state index contributed by atoms with van der Waals surface area (Å²) in [5.74, 6) is -0.0603. The van der Waals surface area contributed by atoms with E-state index in [1.54, 1.807) is 0 Å². The maximum Gasteiger partial charge on any atom is 0.255 e. The van der Waals surface area contributed by atoms with E-state index in [0.29, 0.717) is 5.56 Å². The fourth-order valence-corrected chi connectivity index (χ4v) is 5.19. The molecule has 0 radical (unpaired) electrons. The summed E-state index contributed by atoms with van der Waals surface area (Å²) >= 11 is 0. The van der Waals surface area contributed by atoms with Gasteiger partial charge in [0.2, 0.25) is 0 Å². The van der Waals surface area contributed by atoms with E-state index in [4.69, 9.17) is 5.73 Å². The number of aryl methyl sites for hydroxylation is 6. The summed E-state index contributed by atoms with van der Waals surface area (Å²) in [6, 6.07) is 43.4. The second kappa shape index (κ2) is 17.5. The van der Waals surface area contributed by atoms with Gasteiger partial charge in [-0.25, -0.2) is 0 Å². The van der Waals surface area contributed by atoms with Crippen LogP contribution in [0.5, 0.6) is 0 Å². The van der Waals surface area contributed by atoms with Crippen molar-refractivity contribution in [2.45, 2.75) is 65.2 Å². The highest BCUT2D eigenvalue weighted by atomic mass is 16.1. The lowest BCUT2D eigenvalue weighted by atomic mass is 10.0. The molecule has 0 aliphatic heterocycles. The lowest BCUT2D eigenvalue weighted by molar-refractivity contribution is 0.102. The Hall–Kier alpha value is -4.63. The first-order chi connectivity index (χ1) is 21.5. The summed E-state index contributed by atoms with van der Waals surface area (Å²) in [5, 5.41) is 3.04. The van der Waals surface area contributed by atoms with Gasteiger partial charge in [0.15, 0.2) is 0 Å². The number of anilines is 2. The van der Waals surface area contributed by atoms with Gasteiger partial charge in [-0.05, 0) is 123 Å². The fraction of sp³-hybridized carbons (Fsp3) is 0.244. The highest BCUT2D eigenvalue weighted by molar-refractivity contribution is 6.04. The summed E-state index contributed by atoms with van der Waals surface area (Å²) in [4.78, 5) is 12.4. The van der Waals surface area contributed by atoms with E-state index in [1.807, 2.05) is 37.3 Å². The molecular formula is C41H46N2O. The first-order valence-corrected chi connectivity index (χ1v) is 15.9. The molecule has 5 rings (SSSR count). The molecule has 3 heteroatoms. The first kappa shape index (κ1) is 32.3. The maximum absolute atomic E-state index is 12.4. The number of hydrogen-bond donors (Lipinski definition) is 2. The third-order valence-electron chi connectivity index (χ3n) is 7.98. The number of carbonyl (C=O) groups is 1. The van der Waals surface area contributed by atoms with Crippen LogP contribution in [0.1, 0.15) is 69.4 Å². The minimum Gasteiger partial charge on any atom is -0.399 e. The molecule has 5 aromatic carbocycles. The topological polar surface area (TPSA) is 55.1 Å². The van der Waals surface area contributed by atoms with E-state index in [2.05, 4.69) is 109 Å². The number of nitrogens with two attached hydrogens (primary N) is 1. The molecule has 0 saturated heterocycles. The average Bonchev–Trinajstić information content (AvgIpc) is 3.06. The Bertz CT molecular complexity index is 1560. The molecule has 0 aliphatic carbocycles. The van der Waals surface area contributed by atoms with Crippen LogP contribution in [0.4, 0.5) is 11.4 Å². The van der Waals surface area contributed by atoms with Crippen molar-refractivity contribution in [1.29, 1.82) is 0 Å². The van der Waals surface area contributed by atoms with Crippen molar-refractivity contribution >= 4 is 17.3 Å². The Balaban J connectivity index is 0.000000215. The molecule has 0 heterocycles. The zero-order valence-corrected chi connectivity index (χ0v) is 26.3. The van der Waals surface area contributed by atoms with E-state index < -0.39 is 0 Å². The van der Waals surface area contributed by atoms with E-state index in [1.165, 1.54) is 53.5 Å². The Morgan fingerprint density at radius 1 is 0.523 bits per heavy atom. The van der Waals surface area contributed by atoms with Gasteiger partial charge in [0, 0.05) is 16.9 Å². The molecular weight excluding hydrogens is 536 g/mol. The minimum atomic E-state index is -0.0603. The van der Waals surface area contributed by atoms with E-state index in [-0.39, 0.29) is 5.91 Å². The normalized spacial score (nSPS) is 10.5. The van der Waals surface area contributed by atoms with Gasteiger partial charge < -0.3 is 11.1 Å². The molecule has 5 aromatic rings. The van der Waals surface area contributed by atoms with Crippen LogP contribution in [0.2, 0.25) is 0 Å². The molecule has 3 N–H and O–H groups in total. The predicted molar refractivity (Wildman–Crippen MR) is 187 cm³/mol. The summed E-state index contributed by atoms with van der Waals surface area (Å²) in [7, 11) is 0. The maximum atomic E-state index is 12.4. The van der Waals surface area contributed by atoms with Crippen LogP contribution in [0, 0.1) is 13.8 Å². The van der Waals surface area contributed by atoms with Gasteiger partial charge in [0.1, 0.15) is 0 Å². The van der Waals surface area contributed by atoms with Gasteiger partial charge in [-0.15, -0.1) is 0 Å². The highest BCUT2D eigenvalue weighted by Gasteiger charge is 2.08. The summed E-state index contributed by atoms with van der Waals surface area (Å²) < 4.78 is 0. The Kier molecular flexibility index (Phi) is 12.8. The van der Waals surface area contributed by atoms with Gasteiger partial charge >= 0.3 is 0 Å². The van der Waals surface area contributed by atoms with Crippen LogP contribution in [0.3, 0.4) is 0 Å². The van der Waals surface area contributed by atoms with Gasteiger partial charge in [0.05, 0.1) is 0 Å². The largest absolute Gasteiger partial charge is 0.399 e. The number of nitrogens with one attached hydrogen (secondary N) is 1. The van der Waals surface area contributed by atoms with Gasteiger partial charge in [-0.3, -0.25) is 4.79 Å². The minimum absolute atomic E-state index is 0.0603. The zero-order chi connectivity index (χ0) is 31.0. The zero-order valence-electron chi connectivity index (χ0n) is 26.3. The first-order valence-electron chi connectivity index (χ1n) is 15.9. The SMILES string of the molecule is Cc1ccc(CCCCc2ccccc2)cc1N.Cc1ccc(CCCCc2ccccc2)cc1NC(=O)c1ccccc1. The van der Waals surface area contributed by atoms with Crippen LogP contribution in [0.15, 0.2) is 127 Å². The lowest BCUT2D eigenvalue weighted by Crippen LogP contribution is -2.12. The number of carbonyl (C=O) groups excluding carboxylic acids is 1. The molecule has 0 aliphatic rings. The van der Waals surface area contributed by atoms with E-state index >= 15 is 0 Å². The van der Waals surface area contributed by atoms with Crippen molar-refractivity contribution in [1.82, 2.24) is 0 Å². The molecule has 0 aromatic heterocycles. The number of amides is 1. The van der Waals surface area contributed by atoms with Crippen molar-refractivity contribution < 1.29 is 4.79 Å². The predicted octanol–water partition coefficient (Wildman–Crippen LogP) is 9.96. The number of unbranched alkanes of at least 4 members (excludes halogenated alkanes) is 2. The van der Waals surface area contributed by atoms with Crippen LogP contribution in [-0.2, 0) is 25.7 Å². The quantitative estimate of drug-likeness (QED) is 0.114. The average molecular weight is 583 g/mol. The smallest absolute Gasteiger partial charge is 0.255 e. The Morgan fingerprint density at radius 3 is 1.45 bits per heavy atom. The molecule has 44 heavy (non-hydrogen) atoms. The monoisotopic (exact) mass is 582 g/mol. The molecule has 0 saturated carbocycles. The molecule has 0 atom stereocenters. The number of rotatable bonds is 12. The van der Waals surface area contributed by atoms with Crippen LogP contribution >= 0.6 is 0 Å². The number of nitrogen functional groups attached to an aromatic ring is 1. The summed E-state index contributed by atoms with van der Waals surface area (Å²) in [6.45, 7) is 4.08. The molecule has 0 bridgehead atoms. The third kappa shape index (κ3) is 10.9. The van der Waals surface area contributed by atoms with Crippen molar-refractivity contribution in [2.24, 2.45) is 0 Å². The molecule has 0 fully saturated rings. The number of hydrogen-bond acceptors (Lipinski definition) is 2. The van der Waals surface area contributed by atoms with Crippen molar-refractivity contribution in [3.05, 3.63) is 166 Å². The lowest BCUT2D eigenvalue weighted by Gasteiger charge is -2.11. The van der Waals surface area contributed by atoms with Crippen LogP contribution < -0.4 is 11.1 Å². The van der Waals surface area contributed by atoms with Crippen LogP contribution in [-0.4, -0.2) is 5.91 Å². The Morgan fingerprint density at radius 2 is 0.955 bits per heavy atom. The highest BCUT2D eigenvalue weighted by Crippen LogP contribution is 2.20. The van der Waals surface area contributed by atoms with Crippen molar-refractivity contribution in [2.75, 3.05) is 11.1 Å². The van der Waals surface area contributed by atoms with Crippen LogP contribution in [0.25, 0.3) is 0 Å². The molecule has 0 spiro atoms. The molecule has 226 valence electrons. The summed E-state index contributed by atoms with van der Waals surface area (Å²) in [5.41, 5.74) is 16.1. The third-order valence-corrected chi connectivity index (χ3v) is 7.98. The van der Waals surface area contributed by atoms with E-state index in [9.17, 15) is 4.79 Å². The molecule has 3 nitrogen and oxygen atoms in total. The van der Waals surface area contributed by atoms with Gasteiger partial charge in [-0.1, -0.05) is 103 Å². The van der Waals surface area contributed by atoms with Gasteiger partial charge in [-0.2, -0.15) is 0 Å². The second-order valence-corrected chi connectivity index (χ2v) is 11.5. The Labute approximate surface area is 264 Å². The molecule has 0 unspecified atom stereocenters. The molecule has 1 amide bonds. The van der Waals surface area contributed by atoms with Gasteiger partial charge in [0.25, 0.3) is 5.91 Å². The number of benzene rings is 5. The van der Waals surface area contributed by atoms with Crippen molar-refractivity contribution in [3.63, 3.8) is 0 Å². The summed E-state index contributed by atoms with van der Waals surface area (Å²) in [6.07, 6.45) is 9.20.